The predicted molar refractivity (Wildman–Crippen MR) is 89.1 cm³/mol. The Balaban J connectivity index is 3.43. The van der Waals surface area contributed by atoms with Crippen molar-refractivity contribution in [3.63, 3.8) is 0 Å². The van der Waals surface area contributed by atoms with Crippen molar-refractivity contribution < 1.29 is 0 Å². The van der Waals surface area contributed by atoms with E-state index in [0.717, 1.165) is 0 Å². The van der Waals surface area contributed by atoms with Crippen molar-refractivity contribution in [2.75, 3.05) is 0 Å². The lowest BCUT2D eigenvalue weighted by molar-refractivity contribution is 0.513. The van der Waals surface area contributed by atoms with E-state index in [4.69, 9.17) is 11.1 Å². The van der Waals surface area contributed by atoms with Crippen LogP contribution in [0.3, 0.4) is 0 Å². The van der Waals surface area contributed by atoms with Crippen molar-refractivity contribution in [1.82, 2.24) is 0 Å². The molecule has 0 amide bonds. The average Bonchev–Trinajstić information content (AvgIpc) is 2.25. The standard InChI is InChI=1S/C16H33ClSi/c1-6-7-8-9-10-11-12-13-14-15-16(2,3)18(4,5)17/h6H,1,7-15H2,2-5H3. The Labute approximate surface area is 121 Å². The van der Waals surface area contributed by atoms with Crippen LogP contribution >= 0.6 is 11.1 Å². The van der Waals surface area contributed by atoms with Gasteiger partial charge in [0.2, 0.25) is 0 Å². The highest BCUT2D eigenvalue weighted by Crippen LogP contribution is 2.44. The molecule has 0 aromatic rings. The Morgan fingerprint density at radius 1 is 0.944 bits per heavy atom. The first-order valence-corrected chi connectivity index (χ1v) is 11.6. The molecule has 0 atom stereocenters. The Morgan fingerprint density at radius 3 is 1.83 bits per heavy atom. The zero-order chi connectivity index (χ0) is 14.1. The molecule has 0 aliphatic rings. The second-order valence-electron chi connectivity index (χ2n) is 6.66. The van der Waals surface area contributed by atoms with Gasteiger partial charge in [-0.05, 0) is 24.3 Å². The first-order chi connectivity index (χ1) is 8.31. The van der Waals surface area contributed by atoms with E-state index in [-0.39, 0.29) is 0 Å². The minimum atomic E-state index is -1.51. The lowest BCUT2D eigenvalue weighted by Gasteiger charge is -2.34. The van der Waals surface area contributed by atoms with E-state index < -0.39 is 7.38 Å². The van der Waals surface area contributed by atoms with Gasteiger partial charge in [-0.25, -0.2) is 0 Å². The molecular formula is C16H33ClSi. The molecule has 0 aromatic carbocycles. The Bertz CT molecular complexity index is 216. The Kier molecular flexibility index (Phi) is 9.32. The maximum Gasteiger partial charge on any atom is 0.156 e. The van der Waals surface area contributed by atoms with Crippen molar-refractivity contribution in [3.05, 3.63) is 12.7 Å². The molecule has 0 fully saturated rings. The van der Waals surface area contributed by atoms with E-state index in [1.807, 2.05) is 6.08 Å². The summed E-state index contributed by atoms with van der Waals surface area (Å²) in [7, 11) is -1.51. The van der Waals surface area contributed by atoms with Gasteiger partial charge in [0.15, 0.2) is 7.38 Å². The fourth-order valence-electron chi connectivity index (χ4n) is 2.04. The average molecular weight is 289 g/mol. The van der Waals surface area contributed by atoms with Gasteiger partial charge in [-0.1, -0.05) is 71.5 Å². The van der Waals surface area contributed by atoms with Crippen LogP contribution in [0.5, 0.6) is 0 Å². The van der Waals surface area contributed by atoms with Crippen LogP contribution < -0.4 is 0 Å². The van der Waals surface area contributed by atoms with Crippen molar-refractivity contribution in [2.45, 2.75) is 89.8 Å². The fourth-order valence-corrected chi connectivity index (χ4v) is 3.09. The quantitative estimate of drug-likeness (QED) is 0.168. The molecule has 0 rings (SSSR count). The lowest BCUT2D eigenvalue weighted by Crippen LogP contribution is -2.32. The maximum absolute atomic E-state index is 6.57. The molecule has 0 nitrogen and oxygen atoms in total. The molecule has 0 radical (unpaired) electrons. The van der Waals surface area contributed by atoms with Crippen LogP contribution in [-0.4, -0.2) is 7.38 Å². The van der Waals surface area contributed by atoms with E-state index in [2.05, 4.69) is 33.5 Å². The van der Waals surface area contributed by atoms with Gasteiger partial charge < -0.3 is 0 Å². The van der Waals surface area contributed by atoms with Gasteiger partial charge >= 0.3 is 0 Å². The van der Waals surface area contributed by atoms with Crippen LogP contribution in [0.1, 0.15) is 71.6 Å². The molecular weight excluding hydrogens is 256 g/mol. The molecule has 0 unspecified atom stereocenters. The summed E-state index contributed by atoms with van der Waals surface area (Å²) in [6, 6.07) is 0. The monoisotopic (exact) mass is 288 g/mol. The van der Waals surface area contributed by atoms with Gasteiger partial charge in [-0.15, -0.1) is 6.58 Å². The summed E-state index contributed by atoms with van der Waals surface area (Å²) < 4.78 is 0. The minimum absolute atomic E-state index is 0.374. The molecule has 0 aromatic heterocycles. The Hall–Kier alpha value is 0.247. The molecule has 18 heavy (non-hydrogen) atoms. The molecule has 0 N–H and O–H groups in total. The highest BCUT2D eigenvalue weighted by molar-refractivity contribution is 7.20. The summed E-state index contributed by atoms with van der Waals surface area (Å²) in [4.78, 5) is 0. The minimum Gasteiger partial charge on any atom is -0.167 e. The van der Waals surface area contributed by atoms with Crippen molar-refractivity contribution in [1.29, 1.82) is 0 Å². The largest absolute Gasteiger partial charge is 0.167 e. The third-order valence-corrected chi connectivity index (χ3v) is 9.32. The molecule has 0 aliphatic heterocycles. The van der Waals surface area contributed by atoms with Crippen LogP contribution in [0.2, 0.25) is 18.1 Å². The van der Waals surface area contributed by atoms with Crippen molar-refractivity contribution in [3.8, 4) is 0 Å². The molecule has 0 saturated carbocycles. The lowest BCUT2D eigenvalue weighted by atomic mass is 10.0. The van der Waals surface area contributed by atoms with Crippen LogP contribution in [-0.2, 0) is 0 Å². The molecule has 0 bridgehead atoms. The predicted octanol–water partition coefficient (Wildman–Crippen LogP) is 6.91. The number of hydrogen-bond donors (Lipinski definition) is 0. The molecule has 2 heteroatoms. The molecule has 108 valence electrons. The summed E-state index contributed by atoms with van der Waals surface area (Å²) in [5, 5.41) is 0.374. The van der Waals surface area contributed by atoms with Gasteiger partial charge in [0, 0.05) is 0 Å². The van der Waals surface area contributed by atoms with E-state index in [1.54, 1.807) is 0 Å². The number of rotatable bonds is 11. The first-order valence-electron chi connectivity index (χ1n) is 7.61. The number of allylic oxidation sites excluding steroid dienone is 1. The number of unbranched alkanes of at least 4 members (excludes halogenated alkanes) is 7. The summed E-state index contributed by atoms with van der Waals surface area (Å²) in [5.74, 6) is 0. The highest BCUT2D eigenvalue weighted by atomic mass is 35.6. The third-order valence-electron chi connectivity index (χ3n) is 4.32. The summed E-state index contributed by atoms with van der Waals surface area (Å²) in [6.07, 6.45) is 14.1. The summed E-state index contributed by atoms with van der Waals surface area (Å²) in [5.41, 5.74) is 0. The highest BCUT2D eigenvalue weighted by Gasteiger charge is 2.36. The van der Waals surface area contributed by atoms with Gasteiger partial charge in [-0.2, -0.15) is 11.1 Å². The summed E-state index contributed by atoms with van der Waals surface area (Å²) in [6.45, 7) is 13.0. The Morgan fingerprint density at radius 2 is 1.39 bits per heavy atom. The van der Waals surface area contributed by atoms with Gasteiger partial charge in [0.1, 0.15) is 0 Å². The second-order valence-corrected chi connectivity index (χ2v) is 13.8. The zero-order valence-corrected chi connectivity index (χ0v) is 14.8. The van der Waals surface area contributed by atoms with Gasteiger partial charge in [-0.3, -0.25) is 0 Å². The number of hydrogen-bond acceptors (Lipinski definition) is 0. The third kappa shape index (κ3) is 8.37. The van der Waals surface area contributed by atoms with Crippen LogP contribution in [0, 0.1) is 0 Å². The SMILES string of the molecule is C=CCCCCCCCCCC(C)(C)[Si](C)(C)Cl. The van der Waals surface area contributed by atoms with E-state index >= 15 is 0 Å². The van der Waals surface area contributed by atoms with E-state index in [0.29, 0.717) is 5.04 Å². The normalized spacial score (nSPS) is 12.7. The van der Waals surface area contributed by atoms with Gasteiger partial charge in [0.05, 0.1) is 0 Å². The molecule has 0 spiro atoms. The molecule has 0 saturated heterocycles. The smallest absolute Gasteiger partial charge is 0.156 e. The van der Waals surface area contributed by atoms with Crippen LogP contribution in [0.15, 0.2) is 12.7 Å². The molecule has 0 aliphatic carbocycles. The summed E-state index contributed by atoms with van der Waals surface area (Å²) >= 11 is 6.57. The molecule has 0 heterocycles. The number of halogens is 1. The fraction of sp³-hybridized carbons (Fsp3) is 0.875. The second kappa shape index (κ2) is 9.20. The maximum atomic E-state index is 6.57. The van der Waals surface area contributed by atoms with Crippen molar-refractivity contribution in [2.24, 2.45) is 0 Å². The van der Waals surface area contributed by atoms with Gasteiger partial charge in [0.25, 0.3) is 0 Å². The van der Waals surface area contributed by atoms with E-state index in [9.17, 15) is 0 Å². The van der Waals surface area contributed by atoms with Crippen LogP contribution in [0.25, 0.3) is 0 Å². The van der Waals surface area contributed by atoms with E-state index in [1.165, 1.54) is 57.8 Å². The van der Waals surface area contributed by atoms with Crippen molar-refractivity contribution >= 4 is 18.5 Å². The van der Waals surface area contributed by atoms with Crippen LogP contribution in [0.4, 0.5) is 0 Å². The first kappa shape index (κ1) is 18.2. The zero-order valence-electron chi connectivity index (χ0n) is 13.0. The topological polar surface area (TPSA) is 0 Å².